The van der Waals surface area contributed by atoms with Crippen LogP contribution in [0.3, 0.4) is 0 Å². The Morgan fingerprint density at radius 3 is 2.62 bits per heavy atom. The number of hydrogen-bond donors (Lipinski definition) is 1. The number of carbonyl (C=O) groups excluding carboxylic acids is 2. The smallest absolute Gasteiger partial charge is 0.338 e. The second-order valence-electron chi connectivity index (χ2n) is 8.05. The van der Waals surface area contributed by atoms with E-state index >= 15 is 0 Å². The van der Waals surface area contributed by atoms with E-state index in [4.69, 9.17) is 16.3 Å². The number of esters is 1. The van der Waals surface area contributed by atoms with Gasteiger partial charge in [0.1, 0.15) is 4.53 Å². The van der Waals surface area contributed by atoms with E-state index in [1.54, 1.807) is 38.1 Å². The van der Waals surface area contributed by atoms with Crippen LogP contribution < -0.4 is 20.2 Å². The minimum Gasteiger partial charge on any atom is -0.463 e. The molecule has 1 aromatic heterocycles. The predicted molar refractivity (Wildman–Crippen MR) is 131 cm³/mol. The molecule has 5 rings (SSSR count). The molecule has 0 saturated heterocycles. The van der Waals surface area contributed by atoms with E-state index in [1.165, 1.54) is 4.57 Å². The molecular weight excluding hydrogens is 474 g/mol. The van der Waals surface area contributed by atoms with E-state index < -0.39 is 17.6 Å². The zero-order valence-corrected chi connectivity index (χ0v) is 20.2. The first-order valence-electron chi connectivity index (χ1n) is 10.7. The third-order valence-electron chi connectivity index (χ3n) is 5.83. The van der Waals surface area contributed by atoms with Crippen LogP contribution in [0, 0.1) is 6.92 Å². The topological polar surface area (TPSA) is 89.8 Å². The van der Waals surface area contributed by atoms with Gasteiger partial charge in [-0.1, -0.05) is 46.7 Å². The lowest BCUT2D eigenvalue weighted by Gasteiger charge is -2.24. The third-order valence-corrected chi connectivity index (χ3v) is 7.13. The highest BCUT2D eigenvalue weighted by atomic mass is 35.5. The van der Waals surface area contributed by atoms with Crippen molar-refractivity contribution >= 4 is 46.1 Å². The molecule has 1 atom stereocenters. The van der Waals surface area contributed by atoms with Gasteiger partial charge in [0, 0.05) is 16.3 Å². The zero-order chi connectivity index (χ0) is 24.1. The van der Waals surface area contributed by atoms with Gasteiger partial charge in [-0.05, 0) is 50.6 Å². The van der Waals surface area contributed by atoms with E-state index in [0.29, 0.717) is 37.9 Å². The molecule has 0 unspecified atom stereocenters. The minimum atomic E-state index is -0.761. The summed E-state index contributed by atoms with van der Waals surface area (Å²) < 4.78 is 7.05. The van der Waals surface area contributed by atoms with Crippen molar-refractivity contribution in [1.82, 2.24) is 4.57 Å². The number of aromatic nitrogens is 1. The molecule has 3 heterocycles. The predicted octanol–water partition coefficient (Wildman–Crippen LogP) is 3.08. The summed E-state index contributed by atoms with van der Waals surface area (Å²) in [7, 11) is 0. The Bertz CT molecular complexity index is 1580. The van der Waals surface area contributed by atoms with E-state index in [2.05, 4.69) is 10.3 Å². The molecule has 1 N–H and O–H groups in total. The van der Waals surface area contributed by atoms with Crippen molar-refractivity contribution in [2.24, 2.45) is 4.99 Å². The molecule has 7 nitrogen and oxygen atoms in total. The summed E-state index contributed by atoms with van der Waals surface area (Å²) in [6.07, 6.45) is 0. The Morgan fingerprint density at radius 2 is 1.91 bits per heavy atom. The molecular formula is C25H20ClN3O4S. The van der Waals surface area contributed by atoms with Crippen LogP contribution in [0.1, 0.15) is 36.6 Å². The van der Waals surface area contributed by atoms with Crippen molar-refractivity contribution in [2.75, 3.05) is 11.9 Å². The molecule has 9 heteroatoms. The van der Waals surface area contributed by atoms with Crippen LogP contribution in [0.4, 0.5) is 5.69 Å². The van der Waals surface area contributed by atoms with Crippen LogP contribution in [-0.2, 0) is 14.3 Å². The fourth-order valence-corrected chi connectivity index (χ4v) is 5.58. The fourth-order valence-electron chi connectivity index (χ4n) is 4.31. The summed E-state index contributed by atoms with van der Waals surface area (Å²) in [6, 6.07) is 11.8. The number of thiazole rings is 1. The highest BCUT2D eigenvalue weighted by Gasteiger charge is 2.35. The van der Waals surface area contributed by atoms with Gasteiger partial charge in [0.15, 0.2) is 4.80 Å². The average Bonchev–Trinajstić information content (AvgIpc) is 3.28. The van der Waals surface area contributed by atoms with E-state index in [-0.39, 0.29) is 22.6 Å². The second kappa shape index (κ2) is 8.38. The number of hydrogen-bond acceptors (Lipinski definition) is 6. The molecule has 0 spiro atoms. The number of halogens is 1. The van der Waals surface area contributed by atoms with Crippen molar-refractivity contribution < 1.29 is 14.3 Å². The van der Waals surface area contributed by atoms with E-state index in [9.17, 15) is 14.4 Å². The SMILES string of the molecule is CCOC(=O)C1=C(C)N=c2s/c(=C3\C(=O)Nc4ccc(C)cc43)c(=O)n2[C@H]1c1ccc(Cl)cc1. The quantitative estimate of drug-likeness (QED) is 0.568. The lowest BCUT2D eigenvalue weighted by molar-refractivity contribution is -0.139. The first-order valence-corrected chi connectivity index (χ1v) is 11.9. The lowest BCUT2D eigenvalue weighted by atomic mass is 9.96. The van der Waals surface area contributed by atoms with E-state index in [1.807, 2.05) is 25.1 Å². The van der Waals surface area contributed by atoms with E-state index in [0.717, 1.165) is 16.9 Å². The van der Waals surface area contributed by atoms with Crippen molar-refractivity contribution in [1.29, 1.82) is 0 Å². The van der Waals surface area contributed by atoms with Crippen molar-refractivity contribution in [3.05, 3.63) is 95.1 Å². The number of carbonyl (C=O) groups is 2. The maximum atomic E-state index is 13.8. The standard InChI is InChI=1S/C25H20ClN3O4S/c1-4-33-24(32)18-13(3)27-25-29(20(18)14-6-8-15(26)9-7-14)23(31)21(34-25)19-16-11-12(2)5-10-17(16)28-22(19)30/h5-11,20H,4H2,1-3H3,(H,28,30)/b21-19-/t20-/m0/s1. The fraction of sp³-hybridized carbons (Fsp3) is 0.200. The largest absolute Gasteiger partial charge is 0.463 e. The summed E-state index contributed by atoms with van der Waals surface area (Å²) in [4.78, 5) is 44.7. The minimum absolute atomic E-state index is 0.188. The molecule has 0 bridgehead atoms. The Morgan fingerprint density at radius 1 is 1.18 bits per heavy atom. The number of ether oxygens (including phenoxy) is 1. The van der Waals surface area contributed by atoms with Crippen molar-refractivity contribution in [3.63, 3.8) is 0 Å². The number of amides is 1. The summed E-state index contributed by atoms with van der Waals surface area (Å²) in [6.45, 7) is 5.56. The number of nitrogens with one attached hydrogen (secondary N) is 1. The van der Waals surface area contributed by atoms with Gasteiger partial charge >= 0.3 is 5.97 Å². The summed E-state index contributed by atoms with van der Waals surface area (Å²) >= 11 is 7.23. The number of fused-ring (bicyclic) bond motifs is 2. The molecule has 3 aromatic rings. The van der Waals surface area contributed by atoms with Crippen LogP contribution in [0.15, 0.2) is 63.5 Å². The first kappa shape index (κ1) is 22.3. The average molecular weight is 494 g/mol. The van der Waals surface area contributed by atoms with Gasteiger partial charge in [0.2, 0.25) is 0 Å². The zero-order valence-electron chi connectivity index (χ0n) is 18.6. The Balaban J connectivity index is 1.82. The lowest BCUT2D eigenvalue weighted by Crippen LogP contribution is -2.40. The maximum absolute atomic E-state index is 13.8. The van der Waals surface area contributed by atoms with Gasteiger partial charge in [-0.2, -0.15) is 0 Å². The molecule has 2 aliphatic heterocycles. The van der Waals surface area contributed by atoms with Gasteiger partial charge in [0.05, 0.1) is 29.5 Å². The molecule has 1 amide bonds. The summed E-state index contributed by atoms with van der Waals surface area (Å²) in [5.41, 5.74) is 3.66. The number of rotatable bonds is 3. The monoisotopic (exact) mass is 493 g/mol. The van der Waals surface area contributed by atoms with Crippen molar-refractivity contribution in [2.45, 2.75) is 26.8 Å². The molecule has 34 heavy (non-hydrogen) atoms. The van der Waals surface area contributed by atoms with Gasteiger partial charge < -0.3 is 10.1 Å². The molecule has 0 radical (unpaired) electrons. The number of aryl methyl sites for hydroxylation is 1. The van der Waals surface area contributed by atoms with Gasteiger partial charge in [-0.3, -0.25) is 14.2 Å². The molecule has 0 aliphatic carbocycles. The van der Waals surface area contributed by atoms with Gasteiger partial charge in [0.25, 0.3) is 11.5 Å². The number of nitrogens with zero attached hydrogens (tertiary/aromatic N) is 2. The van der Waals surface area contributed by atoms with Crippen LogP contribution in [0.2, 0.25) is 5.02 Å². The second-order valence-corrected chi connectivity index (χ2v) is 9.47. The highest BCUT2D eigenvalue weighted by molar-refractivity contribution is 7.07. The van der Waals surface area contributed by atoms with Gasteiger partial charge in [-0.25, -0.2) is 9.79 Å². The number of benzene rings is 2. The Kier molecular flexibility index (Phi) is 5.50. The first-order chi connectivity index (χ1) is 16.3. The van der Waals surface area contributed by atoms with Gasteiger partial charge in [-0.15, -0.1) is 0 Å². The van der Waals surface area contributed by atoms with Crippen LogP contribution in [0.5, 0.6) is 0 Å². The number of allylic oxidation sites excluding steroid dienone is 1. The maximum Gasteiger partial charge on any atom is 0.338 e. The molecule has 2 aliphatic rings. The van der Waals surface area contributed by atoms with Crippen molar-refractivity contribution in [3.8, 4) is 0 Å². The highest BCUT2D eigenvalue weighted by Crippen LogP contribution is 2.33. The summed E-state index contributed by atoms with van der Waals surface area (Å²) in [5, 5.41) is 3.37. The number of anilines is 1. The van der Waals surface area contributed by atoms with Crippen LogP contribution in [0.25, 0.3) is 5.57 Å². The molecule has 2 aromatic carbocycles. The van der Waals surface area contributed by atoms with Crippen LogP contribution >= 0.6 is 22.9 Å². The van der Waals surface area contributed by atoms with Crippen LogP contribution in [-0.4, -0.2) is 23.1 Å². The Labute approximate surface area is 203 Å². The third kappa shape index (κ3) is 3.50. The molecule has 0 fully saturated rings. The molecule has 0 saturated carbocycles. The summed E-state index contributed by atoms with van der Waals surface area (Å²) in [5.74, 6) is -0.878. The normalized spacial score (nSPS) is 18.2. The Hall–Kier alpha value is -3.49. The molecule has 172 valence electrons.